The quantitative estimate of drug-likeness (QED) is 0.864. The zero-order valence-electron chi connectivity index (χ0n) is 11.1. The highest BCUT2D eigenvalue weighted by molar-refractivity contribution is 6.33. The average Bonchev–Trinajstić information content (AvgIpc) is 2.55. The second-order valence-electron chi connectivity index (χ2n) is 5.33. The fourth-order valence-corrected chi connectivity index (χ4v) is 2.60. The van der Waals surface area contributed by atoms with Gasteiger partial charge >= 0.3 is 0 Å². The molecule has 18 heavy (non-hydrogen) atoms. The predicted octanol–water partition coefficient (Wildman–Crippen LogP) is 3.32. The molecule has 1 aliphatic heterocycles. The van der Waals surface area contributed by atoms with Crippen LogP contribution >= 0.6 is 11.6 Å². The van der Waals surface area contributed by atoms with Crippen molar-refractivity contribution in [2.45, 2.75) is 45.6 Å². The first-order valence-corrected chi connectivity index (χ1v) is 6.51. The highest BCUT2D eigenvalue weighted by atomic mass is 35.5. The van der Waals surface area contributed by atoms with E-state index in [0.717, 1.165) is 16.8 Å². The Morgan fingerprint density at radius 1 is 1.50 bits per heavy atom. The monoisotopic (exact) mass is 267 g/mol. The van der Waals surface area contributed by atoms with Gasteiger partial charge in [-0.25, -0.2) is 0 Å². The van der Waals surface area contributed by atoms with Crippen molar-refractivity contribution in [3.63, 3.8) is 0 Å². The number of rotatable bonds is 2. The number of carbonyl (C=O) groups excluding carboxylic acids is 1. The molecule has 2 rings (SSSR count). The van der Waals surface area contributed by atoms with Crippen LogP contribution in [0.25, 0.3) is 0 Å². The topological polar surface area (TPSA) is 49.3 Å². The number of anilines is 1. The summed E-state index contributed by atoms with van der Waals surface area (Å²) >= 11 is 6.28. The lowest BCUT2D eigenvalue weighted by molar-refractivity contribution is -0.119. The maximum absolute atomic E-state index is 12.0. The van der Waals surface area contributed by atoms with Crippen LogP contribution in [-0.4, -0.2) is 11.0 Å². The molecule has 0 spiro atoms. The van der Waals surface area contributed by atoms with Crippen molar-refractivity contribution >= 4 is 23.2 Å². The molecule has 4 heteroatoms. The maximum atomic E-state index is 12.0. The molecule has 1 unspecified atom stereocenters. The molecule has 1 aromatic rings. The molecule has 0 aromatic heterocycles. The van der Waals surface area contributed by atoms with Crippen LogP contribution < -0.4 is 5.32 Å². The summed E-state index contributed by atoms with van der Waals surface area (Å²) in [5.41, 5.74) is 2.67. The van der Waals surface area contributed by atoms with Gasteiger partial charge in [0.2, 0.25) is 5.91 Å². The highest BCUT2D eigenvalue weighted by Crippen LogP contribution is 2.44. The van der Waals surface area contributed by atoms with Crippen molar-refractivity contribution < 1.29 is 9.90 Å². The first kappa shape index (κ1) is 13.4. The molecular weight excluding hydrogens is 250 g/mol. The summed E-state index contributed by atoms with van der Waals surface area (Å²) in [5, 5.41) is 13.4. The molecule has 0 saturated carbocycles. The smallest absolute Gasteiger partial charge is 0.234 e. The van der Waals surface area contributed by atoms with Gasteiger partial charge < -0.3 is 10.4 Å². The second-order valence-corrected chi connectivity index (χ2v) is 5.71. The van der Waals surface area contributed by atoms with Crippen LogP contribution in [0.5, 0.6) is 0 Å². The standard InChI is InChI=1S/C14H18ClNO2/c1-5-10(17)8-6-9-12(7(2)11(8)15)16-13(18)14(9,3)4/h6,10,17H,5H2,1-4H3,(H,16,18). The van der Waals surface area contributed by atoms with Gasteiger partial charge in [0.1, 0.15) is 0 Å². The van der Waals surface area contributed by atoms with Crippen LogP contribution in [0.4, 0.5) is 5.69 Å². The Labute approximate surface area is 112 Å². The summed E-state index contributed by atoms with van der Waals surface area (Å²) in [6.07, 6.45) is 0.00716. The largest absolute Gasteiger partial charge is 0.388 e. The average molecular weight is 268 g/mol. The van der Waals surface area contributed by atoms with E-state index in [1.165, 1.54) is 0 Å². The number of carbonyl (C=O) groups is 1. The summed E-state index contributed by atoms with van der Waals surface area (Å²) in [7, 11) is 0. The van der Waals surface area contributed by atoms with Crippen molar-refractivity contribution in [3.8, 4) is 0 Å². The minimum atomic E-state index is -0.590. The number of aliphatic hydroxyl groups is 1. The number of fused-ring (bicyclic) bond motifs is 1. The summed E-state index contributed by atoms with van der Waals surface area (Å²) in [5.74, 6) is -0.0280. The lowest BCUT2D eigenvalue weighted by Crippen LogP contribution is -2.26. The van der Waals surface area contributed by atoms with E-state index in [2.05, 4.69) is 5.32 Å². The van der Waals surface area contributed by atoms with Crippen molar-refractivity contribution in [2.24, 2.45) is 0 Å². The molecule has 3 nitrogen and oxygen atoms in total. The molecule has 98 valence electrons. The zero-order chi connectivity index (χ0) is 13.7. The number of aliphatic hydroxyl groups excluding tert-OH is 1. The zero-order valence-corrected chi connectivity index (χ0v) is 11.9. The van der Waals surface area contributed by atoms with E-state index >= 15 is 0 Å². The van der Waals surface area contributed by atoms with Gasteiger partial charge in [-0.05, 0) is 49.9 Å². The third-order valence-electron chi connectivity index (χ3n) is 3.75. The van der Waals surface area contributed by atoms with Crippen LogP contribution in [0, 0.1) is 6.92 Å². The van der Waals surface area contributed by atoms with Gasteiger partial charge in [-0.1, -0.05) is 18.5 Å². The summed E-state index contributed by atoms with van der Waals surface area (Å²) < 4.78 is 0. The summed E-state index contributed by atoms with van der Waals surface area (Å²) in [6, 6.07) is 1.86. The normalized spacial score (nSPS) is 18.4. The van der Waals surface area contributed by atoms with Gasteiger partial charge in [0, 0.05) is 5.69 Å². The molecule has 1 aliphatic rings. The SMILES string of the molecule is CCC(O)c1cc2c(c(C)c1Cl)NC(=O)C2(C)C. The number of hydrogen-bond acceptors (Lipinski definition) is 2. The van der Waals surface area contributed by atoms with E-state index in [-0.39, 0.29) is 5.91 Å². The Balaban J connectivity index is 2.69. The van der Waals surface area contributed by atoms with E-state index in [4.69, 9.17) is 11.6 Å². The minimum absolute atomic E-state index is 0.0280. The molecule has 0 radical (unpaired) electrons. The number of halogens is 1. The molecule has 1 heterocycles. The molecule has 1 atom stereocenters. The van der Waals surface area contributed by atoms with Crippen LogP contribution in [0.2, 0.25) is 5.02 Å². The Hall–Kier alpha value is -1.06. The van der Waals surface area contributed by atoms with Crippen molar-refractivity contribution in [1.82, 2.24) is 0 Å². The van der Waals surface area contributed by atoms with Gasteiger partial charge in [0.15, 0.2) is 0 Å². The van der Waals surface area contributed by atoms with E-state index < -0.39 is 11.5 Å². The molecule has 0 saturated heterocycles. The minimum Gasteiger partial charge on any atom is -0.388 e. The molecule has 0 bridgehead atoms. The number of nitrogens with one attached hydrogen (secondary N) is 1. The molecule has 2 N–H and O–H groups in total. The van der Waals surface area contributed by atoms with Gasteiger partial charge in [0.05, 0.1) is 16.5 Å². The van der Waals surface area contributed by atoms with Crippen molar-refractivity contribution in [3.05, 3.63) is 27.8 Å². The van der Waals surface area contributed by atoms with Gasteiger partial charge in [-0.2, -0.15) is 0 Å². The second kappa shape index (κ2) is 4.25. The lowest BCUT2D eigenvalue weighted by atomic mass is 9.83. The first-order valence-electron chi connectivity index (χ1n) is 6.13. The summed E-state index contributed by atoms with van der Waals surface area (Å²) in [6.45, 7) is 7.53. The van der Waals surface area contributed by atoms with E-state index in [0.29, 0.717) is 17.0 Å². The third kappa shape index (κ3) is 1.73. The molecule has 0 aliphatic carbocycles. The molecular formula is C14H18ClNO2. The van der Waals surface area contributed by atoms with Crippen LogP contribution in [0.1, 0.15) is 50.0 Å². The number of benzene rings is 1. The van der Waals surface area contributed by atoms with Gasteiger partial charge in [-0.3, -0.25) is 4.79 Å². The van der Waals surface area contributed by atoms with Gasteiger partial charge in [-0.15, -0.1) is 0 Å². The Kier molecular flexibility index (Phi) is 3.16. The number of amides is 1. The fraction of sp³-hybridized carbons (Fsp3) is 0.500. The van der Waals surface area contributed by atoms with Crippen LogP contribution in [0.15, 0.2) is 6.07 Å². The molecule has 1 amide bonds. The van der Waals surface area contributed by atoms with Crippen LogP contribution in [-0.2, 0) is 10.2 Å². The van der Waals surface area contributed by atoms with E-state index in [1.807, 2.05) is 33.8 Å². The van der Waals surface area contributed by atoms with E-state index in [9.17, 15) is 9.90 Å². The Morgan fingerprint density at radius 3 is 2.67 bits per heavy atom. The van der Waals surface area contributed by atoms with Crippen molar-refractivity contribution in [2.75, 3.05) is 5.32 Å². The Morgan fingerprint density at radius 2 is 2.11 bits per heavy atom. The lowest BCUT2D eigenvalue weighted by Gasteiger charge is -2.19. The maximum Gasteiger partial charge on any atom is 0.234 e. The van der Waals surface area contributed by atoms with Crippen LogP contribution in [0.3, 0.4) is 0 Å². The number of hydrogen-bond donors (Lipinski definition) is 2. The van der Waals surface area contributed by atoms with Crippen molar-refractivity contribution in [1.29, 1.82) is 0 Å². The molecule has 1 aromatic carbocycles. The van der Waals surface area contributed by atoms with Gasteiger partial charge in [0.25, 0.3) is 0 Å². The fourth-order valence-electron chi connectivity index (χ4n) is 2.33. The summed E-state index contributed by atoms with van der Waals surface area (Å²) in [4.78, 5) is 12.0. The first-order chi connectivity index (χ1) is 8.30. The third-order valence-corrected chi connectivity index (χ3v) is 4.25. The highest BCUT2D eigenvalue weighted by Gasteiger charge is 2.40. The molecule has 0 fully saturated rings. The predicted molar refractivity (Wildman–Crippen MR) is 73.1 cm³/mol. The Bertz CT molecular complexity index is 523. The van der Waals surface area contributed by atoms with E-state index in [1.54, 1.807) is 0 Å².